The Labute approximate surface area is 468 Å². The molecular formula is C63H60ClN3O13. The molecule has 0 fully saturated rings. The molecule has 0 amide bonds. The molecular weight excluding hydrogens is 1040 g/mol. The van der Waals surface area contributed by atoms with Gasteiger partial charge in [0.05, 0.1) is 34.9 Å². The number of carboxylic acid groups (broad SMARTS) is 1. The van der Waals surface area contributed by atoms with Crippen LogP contribution in [0.4, 0.5) is 11.4 Å². The van der Waals surface area contributed by atoms with Crippen LogP contribution < -0.4 is 16.4 Å². The number of hydrogen-bond donors (Lipinski definition) is 5. The van der Waals surface area contributed by atoms with Gasteiger partial charge in [-0.05, 0) is 64.8 Å². The number of esters is 2. The monoisotopic (exact) mass is 1100 g/mol. The molecule has 9 rings (SSSR count). The summed E-state index contributed by atoms with van der Waals surface area (Å²) in [6, 6.07) is 35.9. The number of hydrogen-bond acceptors (Lipinski definition) is 15. The van der Waals surface area contributed by atoms with Crippen molar-refractivity contribution < 1.29 is 62.8 Å². The number of ether oxygens (including phenoxy) is 2. The smallest absolute Gasteiger partial charge is 0.333 e. The third kappa shape index (κ3) is 15.3. The van der Waals surface area contributed by atoms with E-state index < -0.39 is 17.9 Å². The van der Waals surface area contributed by atoms with E-state index in [0.717, 1.165) is 6.42 Å². The third-order valence-electron chi connectivity index (χ3n) is 12.0. The minimum atomic E-state index is -0.935. The van der Waals surface area contributed by atoms with Gasteiger partial charge in [-0.3, -0.25) is 28.8 Å². The fourth-order valence-electron chi connectivity index (χ4n) is 7.95. The highest BCUT2D eigenvalue weighted by Crippen LogP contribution is 2.34. The molecule has 6 aromatic carbocycles. The van der Waals surface area contributed by atoms with Crippen molar-refractivity contribution in [2.75, 3.05) is 50.1 Å². The lowest BCUT2D eigenvalue weighted by Gasteiger charge is -2.20. The number of benzene rings is 6. The highest BCUT2D eigenvalue weighted by atomic mass is 35.5. The molecule has 0 aromatic heterocycles. The summed E-state index contributed by atoms with van der Waals surface area (Å²) in [6.45, 7) is 17.2. The summed E-state index contributed by atoms with van der Waals surface area (Å²) in [6.07, 6.45) is 1.86. The molecule has 0 spiro atoms. The zero-order valence-electron chi connectivity index (χ0n) is 44.5. The van der Waals surface area contributed by atoms with E-state index in [-0.39, 0.29) is 60.1 Å². The number of carboxylic acids is 1. The lowest BCUT2D eigenvalue weighted by atomic mass is 9.83. The van der Waals surface area contributed by atoms with Crippen LogP contribution in [0.1, 0.15) is 136 Å². The molecule has 0 unspecified atom stereocenters. The van der Waals surface area contributed by atoms with Gasteiger partial charge in [-0.25, -0.2) is 14.4 Å². The molecule has 0 aliphatic heterocycles. The SMILES string of the molecule is C=C(C)C(=O)O.C=C(C)C(=O)OCCCNc1cccc2c1C(=O)c1ccccc1C2=O.C=C(C)C(=O)OCCCNc1cccc2c1C(=O)c1ccccc1C2=O.NCCCO.O=C1c2ccccc2C(=O)c2c(Cl)cccc21. The van der Waals surface area contributed by atoms with Gasteiger partial charge in [0.1, 0.15) is 0 Å². The average molecular weight is 1100 g/mol. The van der Waals surface area contributed by atoms with Crippen LogP contribution in [0.3, 0.4) is 0 Å². The minimum absolute atomic E-state index is 0.141. The van der Waals surface area contributed by atoms with Crippen LogP contribution in [0, 0.1) is 0 Å². The highest BCUT2D eigenvalue weighted by Gasteiger charge is 2.33. The number of carbonyl (C=O) groups excluding carboxylic acids is 8. The number of nitrogens with two attached hydrogens (primary N) is 1. The molecule has 0 radical (unpaired) electrons. The van der Waals surface area contributed by atoms with Gasteiger partial charge in [0.2, 0.25) is 0 Å². The molecule has 3 aliphatic carbocycles. The van der Waals surface area contributed by atoms with E-state index in [1.54, 1.807) is 141 Å². The second kappa shape index (κ2) is 29.5. The maximum atomic E-state index is 12.9. The Bertz CT molecular complexity index is 3270. The van der Waals surface area contributed by atoms with Crippen molar-refractivity contribution in [3.63, 3.8) is 0 Å². The van der Waals surface area contributed by atoms with Crippen LogP contribution in [-0.4, -0.2) is 102 Å². The summed E-state index contributed by atoms with van der Waals surface area (Å²) < 4.78 is 10.1. The van der Waals surface area contributed by atoms with E-state index in [1.807, 2.05) is 0 Å². The van der Waals surface area contributed by atoms with E-state index >= 15 is 0 Å². The fourth-order valence-corrected chi connectivity index (χ4v) is 8.21. The zero-order chi connectivity index (χ0) is 58.6. The molecule has 0 atom stereocenters. The van der Waals surface area contributed by atoms with Crippen molar-refractivity contribution >= 4 is 75.6 Å². The lowest BCUT2D eigenvalue weighted by Crippen LogP contribution is -2.22. The lowest BCUT2D eigenvalue weighted by molar-refractivity contribution is -0.139. The topological polar surface area (TPSA) is 263 Å². The zero-order valence-corrected chi connectivity index (χ0v) is 45.2. The molecule has 6 N–H and O–H groups in total. The van der Waals surface area contributed by atoms with Gasteiger partial charge in [-0.1, -0.05) is 141 Å². The van der Waals surface area contributed by atoms with Crippen molar-refractivity contribution in [3.8, 4) is 0 Å². The molecule has 80 heavy (non-hydrogen) atoms. The Balaban J connectivity index is 0.000000204. The predicted molar refractivity (Wildman–Crippen MR) is 305 cm³/mol. The second-order valence-corrected chi connectivity index (χ2v) is 18.5. The van der Waals surface area contributed by atoms with Crippen molar-refractivity contribution in [1.82, 2.24) is 0 Å². The largest absolute Gasteiger partial charge is 0.478 e. The van der Waals surface area contributed by atoms with Crippen LogP contribution in [0.5, 0.6) is 0 Å². The number of aliphatic carboxylic acids is 1. The Morgan fingerprint density at radius 3 is 1.06 bits per heavy atom. The number of carbonyl (C=O) groups is 9. The van der Waals surface area contributed by atoms with E-state index in [0.29, 0.717) is 127 Å². The van der Waals surface area contributed by atoms with E-state index in [2.05, 4.69) is 30.4 Å². The molecule has 6 aromatic rings. The van der Waals surface area contributed by atoms with E-state index in [9.17, 15) is 43.2 Å². The van der Waals surface area contributed by atoms with Crippen molar-refractivity contribution in [3.05, 3.63) is 236 Å². The number of ketones is 6. The molecule has 0 saturated carbocycles. The molecule has 17 heteroatoms. The maximum Gasteiger partial charge on any atom is 0.333 e. The Kier molecular flexibility index (Phi) is 22.7. The first-order chi connectivity index (χ1) is 38.3. The molecule has 0 bridgehead atoms. The van der Waals surface area contributed by atoms with E-state index in [1.165, 1.54) is 6.92 Å². The number of nitrogens with one attached hydrogen (secondary N) is 2. The number of rotatable bonds is 15. The van der Waals surface area contributed by atoms with Gasteiger partial charge < -0.3 is 36.1 Å². The minimum Gasteiger partial charge on any atom is -0.478 e. The van der Waals surface area contributed by atoms with Crippen LogP contribution in [0.2, 0.25) is 5.02 Å². The van der Waals surface area contributed by atoms with Crippen LogP contribution in [-0.2, 0) is 23.9 Å². The summed E-state index contributed by atoms with van der Waals surface area (Å²) in [4.78, 5) is 108. The molecule has 3 aliphatic rings. The Hall–Kier alpha value is -9.22. The number of aliphatic hydroxyl groups is 1. The average Bonchev–Trinajstić information content (AvgIpc) is 3.51. The first-order valence-corrected chi connectivity index (χ1v) is 25.6. The fraction of sp³-hybridized carbons (Fsp3) is 0.190. The van der Waals surface area contributed by atoms with Crippen molar-refractivity contribution in [2.45, 2.75) is 40.0 Å². The summed E-state index contributed by atoms with van der Waals surface area (Å²) in [5, 5.41) is 22.5. The first-order valence-electron chi connectivity index (χ1n) is 25.2. The number of halogens is 1. The molecule has 16 nitrogen and oxygen atoms in total. The quantitative estimate of drug-likeness (QED) is 0.0363. The highest BCUT2D eigenvalue weighted by molar-refractivity contribution is 6.39. The molecule has 0 heterocycles. The first kappa shape index (κ1) is 61.6. The normalized spacial score (nSPS) is 11.8. The van der Waals surface area contributed by atoms with Crippen molar-refractivity contribution in [1.29, 1.82) is 0 Å². The van der Waals surface area contributed by atoms with Crippen LogP contribution >= 0.6 is 11.6 Å². The number of fused-ring (bicyclic) bond motifs is 6. The van der Waals surface area contributed by atoms with Gasteiger partial charge in [0, 0.05) is 97.9 Å². The number of anilines is 2. The molecule has 412 valence electrons. The van der Waals surface area contributed by atoms with Gasteiger partial charge >= 0.3 is 17.9 Å². The predicted octanol–water partition coefficient (Wildman–Crippen LogP) is 9.86. The maximum absolute atomic E-state index is 12.9. The Morgan fingerprint density at radius 2 is 0.762 bits per heavy atom. The molecule has 0 saturated heterocycles. The van der Waals surface area contributed by atoms with Crippen LogP contribution in [0.15, 0.2) is 164 Å². The third-order valence-corrected chi connectivity index (χ3v) is 12.3. The summed E-state index contributed by atoms with van der Waals surface area (Å²) in [5.41, 5.74) is 12.0. The van der Waals surface area contributed by atoms with Crippen molar-refractivity contribution in [2.24, 2.45) is 5.73 Å². The standard InChI is InChI=1S/2C21H19NO4.C14H7ClO2.C4H6O2.C3H9NO/c2*1-13(2)21(25)26-12-6-11-22-17-10-5-9-16-18(17)20(24)15-8-4-3-7-14(15)19(16)23;15-11-7-3-6-10-12(11)14(17)9-5-2-1-4-8(9)13(10)16;1-3(2)4(5)6;4-2-1-3-5/h2*3-5,7-10,22H,1,6,11-12H2,2H3;1-7H;1H2,2H3,(H,5,6);5H,1-4H2. The number of aliphatic hydroxyl groups excluding tert-OH is 1. The van der Waals surface area contributed by atoms with Crippen LogP contribution in [0.25, 0.3) is 0 Å². The van der Waals surface area contributed by atoms with E-state index in [4.69, 9.17) is 37.0 Å². The summed E-state index contributed by atoms with van der Waals surface area (Å²) in [7, 11) is 0. The summed E-state index contributed by atoms with van der Waals surface area (Å²) in [5.74, 6) is -2.70. The Morgan fingerprint density at radius 1 is 0.463 bits per heavy atom. The van der Waals surface area contributed by atoms with Gasteiger partial charge in [-0.15, -0.1) is 0 Å². The van der Waals surface area contributed by atoms with Gasteiger partial charge in [-0.2, -0.15) is 0 Å². The van der Waals surface area contributed by atoms with Gasteiger partial charge in [0.15, 0.2) is 34.7 Å². The summed E-state index contributed by atoms with van der Waals surface area (Å²) >= 11 is 6.00. The van der Waals surface area contributed by atoms with Gasteiger partial charge in [0.25, 0.3) is 0 Å². The second-order valence-electron chi connectivity index (χ2n) is 18.1.